The molecule has 1 aliphatic rings. The molecule has 1 aliphatic heterocycles. The molecule has 0 radical (unpaired) electrons. The highest BCUT2D eigenvalue weighted by Crippen LogP contribution is 2.19. The van der Waals surface area contributed by atoms with Crippen molar-refractivity contribution in [3.63, 3.8) is 0 Å². The Balaban J connectivity index is 2.43. The summed E-state index contributed by atoms with van der Waals surface area (Å²) in [5, 5.41) is 0. The summed E-state index contributed by atoms with van der Waals surface area (Å²) in [6, 6.07) is 0.634. The lowest BCUT2D eigenvalue weighted by molar-refractivity contribution is 0.189. The van der Waals surface area contributed by atoms with Crippen LogP contribution in [0.4, 0.5) is 0 Å². The van der Waals surface area contributed by atoms with E-state index < -0.39 is 9.84 Å². The smallest absolute Gasteiger partial charge is 0.151 e. The van der Waals surface area contributed by atoms with Crippen molar-refractivity contribution in [2.75, 3.05) is 25.1 Å². The van der Waals surface area contributed by atoms with Crippen LogP contribution in [0.25, 0.3) is 0 Å². The topological polar surface area (TPSA) is 63.4 Å². The Morgan fingerprint density at radius 2 is 2.20 bits per heavy atom. The minimum absolute atomic E-state index is 0.211. The summed E-state index contributed by atoms with van der Waals surface area (Å²) in [6.07, 6.45) is 2.83. The van der Waals surface area contributed by atoms with E-state index in [-0.39, 0.29) is 6.04 Å². The van der Waals surface area contributed by atoms with Crippen LogP contribution in [0.1, 0.15) is 26.2 Å². The van der Waals surface area contributed by atoms with Gasteiger partial charge in [0.15, 0.2) is 9.84 Å². The molecule has 5 heteroatoms. The maximum atomic E-state index is 11.3. The van der Waals surface area contributed by atoms with E-state index in [9.17, 15) is 8.42 Å². The van der Waals surface area contributed by atoms with E-state index in [1.54, 1.807) is 0 Å². The van der Waals surface area contributed by atoms with Gasteiger partial charge >= 0.3 is 0 Å². The second-order valence-electron chi connectivity index (χ2n) is 4.50. The zero-order valence-electron chi connectivity index (χ0n) is 9.65. The summed E-state index contributed by atoms with van der Waals surface area (Å²) in [6.45, 7) is 2.85. The van der Waals surface area contributed by atoms with Crippen molar-refractivity contribution in [2.24, 2.45) is 5.73 Å². The Morgan fingerprint density at radius 3 is 2.67 bits per heavy atom. The fourth-order valence-corrected chi connectivity index (χ4v) is 3.86. The SMILES string of the molecule is CC(CCCN)N(C)C1CCS(=O)(=O)C1. The molecular weight excluding hydrogens is 212 g/mol. The van der Waals surface area contributed by atoms with Gasteiger partial charge in [-0.05, 0) is 39.8 Å². The molecule has 2 unspecified atom stereocenters. The van der Waals surface area contributed by atoms with Crippen LogP contribution in [0.3, 0.4) is 0 Å². The van der Waals surface area contributed by atoms with E-state index in [1.807, 2.05) is 7.05 Å². The fraction of sp³-hybridized carbons (Fsp3) is 1.00. The highest BCUT2D eigenvalue weighted by Gasteiger charge is 2.31. The van der Waals surface area contributed by atoms with Gasteiger partial charge in [0.1, 0.15) is 0 Å². The first-order chi connectivity index (χ1) is 6.96. The number of nitrogens with two attached hydrogens (primary N) is 1. The molecule has 0 aromatic rings. The van der Waals surface area contributed by atoms with Crippen LogP contribution in [0.2, 0.25) is 0 Å². The average Bonchev–Trinajstić information content (AvgIpc) is 2.54. The zero-order valence-corrected chi connectivity index (χ0v) is 10.5. The van der Waals surface area contributed by atoms with Crippen LogP contribution in [0, 0.1) is 0 Å². The lowest BCUT2D eigenvalue weighted by Gasteiger charge is -2.29. The molecule has 0 saturated carbocycles. The van der Waals surface area contributed by atoms with Gasteiger partial charge in [0.25, 0.3) is 0 Å². The van der Waals surface area contributed by atoms with Crippen molar-refractivity contribution < 1.29 is 8.42 Å². The summed E-state index contributed by atoms with van der Waals surface area (Å²) < 4.78 is 22.7. The molecule has 0 aliphatic carbocycles. The van der Waals surface area contributed by atoms with Crippen molar-refractivity contribution in [2.45, 2.75) is 38.3 Å². The van der Waals surface area contributed by atoms with Crippen molar-refractivity contribution in [3.05, 3.63) is 0 Å². The van der Waals surface area contributed by atoms with Crippen LogP contribution in [-0.2, 0) is 9.84 Å². The number of hydrogen-bond acceptors (Lipinski definition) is 4. The van der Waals surface area contributed by atoms with Gasteiger partial charge in [-0.25, -0.2) is 8.42 Å². The number of sulfone groups is 1. The minimum atomic E-state index is -2.76. The van der Waals surface area contributed by atoms with Crippen LogP contribution < -0.4 is 5.73 Å². The third-order valence-corrected chi connectivity index (χ3v) is 5.06. The summed E-state index contributed by atoms with van der Waals surface area (Å²) in [4.78, 5) is 2.19. The normalized spacial score (nSPS) is 27.1. The molecule has 0 amide bonds. The van der Waals surface area contributed by atoms with Gasteiger partial charge < -0.3 is 5.73 Å². The Kier molecular flexibility index (Phi) is 4.55. The molecule has 2 N–H and O–H groups in total. The molecule has 0 bridgehead atoms. The monoisotopic (exact) mass is 234 g/mol. The van der Waals surface area contributed by atoms with Crippen molar-refractivity contribution >= 4 is 9.84 Å². The van der Waals surface area contributed by atoms with Crippen LogP contribution in [0.5, 0.6) is 0 Å². The van der Waals surface area contributed by atoms with E-state index in [0.717, 1.165) is 19.3 Å². The first-order valence-corrected chi connectivity index (χ1v) is 7.41. The number of nitrogens with zero attached hydrogens (tertiary/aromatic N) is 1. The van der Waals surface area contributed by atoms with Crippen LogP contribution in [0.15, 0.2) is 0 Å². The standard InChI is InChI=1S/C10H22N2O2S/c1-9(4-3-6-11)12(2)10-5-7-15(13,14)8-10/h9-10H,3-8,11H2,1-2H3. The first kappa shape index (κ1) is 12.9. The van der Waals surface area contributed by atoms with Gasteiger partial charge in [0, 0.05) is 12.1 Å². The van der Waals surface area contributed by atoms with Gasteiger partial charge in [-0.1, -0.05) is 0 Å². The maximum Gasteiger partial charge on any atom is 0.151 e. The highest BCUT2D eigenvalue weighted by atomic mass is 32.2. The Bertz CT molecular complexity index is 290. The molecule has 0 aromatic heterocycles. The van der Waals surface area contributed by atoms with Crippen LogP contribution in [-0.4, -0.2) is 50.5 Å². The Hall–Kier alpha value is -0.130. The largest absolute Gasteiger partial charge is 0.330 e. The fourth-order valence-electron chi connectivity index (χ4n) is 2.07. The number of rotatable bonds is 5. The van der Waals surface area contributed by atoms with Crippen molar-refractivity contribution in [1.29, 1.82) is 0 Å². The predicted octanol–water partition coefficient (Wildman–Crippen LogP) is 0.233. The molecule has 1 heterocycles. The zero-order chi connectivity index (χ0) is 11.5. The van der Waals surface area contributed by atoms with Gasteiger partial charge in [-0.3, -0.25) is 4.90 Å². The second kappa shape index (κ2) is 5.27. The Labute approximate surface area is 92.7 Å². The summed E-state index contributed by atoms with van der Waals surface area (Å²) >= 11 is 0. The van der Waals surface area contributed by atoms with Crippen molar-refractivity contribution in [1.82, 2.24) is 4.90 Å². The van der Waals surface area contributed by atoms with Gasteiger partial charge in [-0.2, -0.15) is 0 Å². The van der Waals surface area contributed by atoms with Crippen molar-refractivity contribution in [3.8, 4) is 0 Å². The summed E-state index contributed by atoms with van der Waals surface area (Å²) in [7, 11) is -0.740. The van der Waals surface area contributed by atoms with E-state index in [0.29, 0.717) is 24.1 Å². The summed E-state index contributed by atoms with van der Waals surface area (Å²) in [5.41, 5.74) is 5.46. The lowest BCUT2D eigenvalue weighted by Crippen LogP contribution is -2.39. The van der Waals surface area contributed by atoms with Gasteiger partial charge in [0.05, 0.1) is 11.5 Å². The van der Waals surface area contributed by atoms with E-state index in [4.69, 9.17) is 5.73 Å². The molecule has 1 saturated heterocycles. The quantitative estimate of drug-likeness (QED) is 0.740. The highest BCUT2D eigenvalue weighted by molar-refractivity contribution is 7.91. The van der Waals surface area contributed by atoms with Crippen LogP contribution >= 0.6 is 0 Å². The molecule has 4 nitrogen and oxygen atoms in total. The molecule has 2 atom stereocenters. The second-order valence-corrected chi connectivity index (χ2v) is 6.73. The molecular formula is C10H22N2O2S. The molecule has 1 rings (SSSR count). The van der Waals surface area contributed by atoms with Gasteiger partial charge in [-0.15, -0.1) is 0 Å². The molecule has 1 fully saturated rings. The third kappa shape index (κ3) is 3.74. The minimum Gasteiger partial charge on any atom is -0.330 e. The lowest BCUT2D eigenvalue weighted by atomic mass is 10.1. The predicted molar refractivity (Wildman–Crippen MR) is 62.6 cm³/mol. The van der Waals surface area contributed by atoms with E-state index >= 15 is 0 Å². The van der Waals surface area contributed by atoms with Gasteiger partial charge in [0.2, 0.25) is 0 Å². The molecule has 0 spiro atoms. The average molecular weight is 234 g/mol. The van der Waals surface area contributed by atoms with E-state index in [2.05, 4.69) is 11.8 Å². The Morgan fingerprint density at radius 1 is 1.53 bits per heavy atom. The third-order valence-electron chi connectivity index (χ3n) is 3.31. The first-order valence-electron chi connectivity index (χ1n) is 5.58. The maximum absolute atomic E-state index is 11.3. The summed E-state index contributed by atoms with van der Waals surface area (Å²) in [5.74, 6) is 0.683. The van der Waals surface area contributed by atoms with E-state index in [1.165, 1.54) is 0 Å². The number of hydrogen-bond donors (Lipinski definition) is 1. The molecule has 90 valence electrons. The molecule has 15 heavy (non-hydrogen) atoms. The molecule has 0 aromatic carbocycles.